The molecule has 0 aromatic heterocycles. The summed E-state index contributed by atoms with van der Waals surface area (Å²) in [7, 11) is -3.67. The van der Waals surface area contributed by atoms with Crippen LogP contribution in [0.15, 0.2) is 0 Å². The number of phosphoric acid groups is 1. The number of ketones is 1. The molecule has 21 heavy (non-hydrogen) atoms. The van der Waals surface area contributed by atoms with Gasteiger partial charge in [0.15, 0.2) is 11.4 Å². The Hall–Kier alpha value is -0.260. The van der Waals surface area contributed by atoms with Gasteiger partial charge < -0.3 is 4.74 Å². The third-order valence-corrected chi connectivity index (χ3v) is 5.02. The zero-order valence-corrected chi connectivity index (χ0v) is 14.7. The van der Waals surface area contributed by atoms with Crippen LogP contribution in [0.3, 0.4) is 0 Å². The van der Waals surface area contributed by atoms with Crippen molar-refractivity contribution in [2.45, 2.75) is 59.7 Å². The fourth-order valence-corrected chi connectivity index (χ4v) is 3.87. The van der Waals surface area contributed by atoms with Gasteiger partial charge in [-0.25, -0.2) is 4.57 Å². The molecule has 124 valence electrons. The molecule has 2 atom stereocenters. The molecule has 0 aliphatic carbocycles. The van der Waals surface area contributed by atoms with E-state index in [1.54, 1.807) is 20.8 Å². The molecule has 0 amide bonds. The number of rotatable bonds is 7. The molecular formula is C14H27O6P. The molecule has 1 heterocycles. The Balaban J connectivity index is 2.95. The molecule has 0 saturated carbocycles. The lowest BCUT2D eigenvalue weighted by molar-refractivity contribution is -0.152. The lowest BCUT2D eigenvalue weighted by Crippen LogP contribution is -2.50. The second-order valence-corrected chi connectivity index (χ2v) is 7.82. The van der Waals surface area contributed by atoms with E-state index in [9.17, 15) is 9.36 Å². The van der Waals surface area contributed by atoms with Crippen LogP contribution in [0.1, 0.15) is 48.0 Å². The zero-order valence-electron chi connectivity index (χ0n) is 13.8. The predicted molar refractivity (Wildman–Crippen MR) is 79.2 cm³/mol. The molecular weight excluding hydrogens is 295 g/mol. The summed E-state index contributed by atoms with van der Waals surface area (Å²) in [5.41, 5.74) is -1.72. The molecule has 0 aromatic carbocycles. The van der Waals surface area contributed by atoms with Crippen molar-refractivity contribution in [2.75, 3.05) is 19.8 Å². The van der Waals surface area contributed by atoms with Crippen LogP contribution in [0.2, 0.25) is 0 Å². The maximum absolute atomic E-state index is 12.6. The molecule has 1 fully saturated rings. The third kappa shape index (κ3) is 4.36. The standard InChI is InChI=1S/C14H27O6P/c1-7-18-21(16,19-8-2)20-11-9-10-17-14(11,6)12(15)13(3,4)5/h11H,7-10H2,1-6H3/t11-,14+/m1/s1. The molecule has 1 rings (SSSR count). The fourth-order valence-electron chi connectivity index (χ4n) is 2.43. The third-order valence-electron chi connectivity index (χ3n) is 3.36. The maximum Gasteiger partial charge on any atom is 0.475 e. The first kappa shape index (κ1) is 18.8. The van der Waals surface area contributed by atoms with Gasteiger partial charge in [0.2, 0.25) is 0 Å². The van der Waals surface area contributed by atoms with Crippen molar-refractivity contribution in [3.05, 3.63) is 0 Å². The Morgan fingerprint density at radius 3 is 2.24 bits per heavy atom. The predicted octanol–water partition coefficient (Wildman–Crippen LogP) is 3.35. The summed E-state index contributed by atoms with van der Waals surface area (Å²) >= 11 is 0. The van der Waals surface area contributed by atoms with Gasteiger partial charge >= 0.3 is 7.82 Å². The normalized spacial score (nSPS) is 27.0. The Bertz CT molecular complexity index is 406. The SMILES string of the molecule is CCOP(=O)(OCC)O[C@@H]1CCO[C@]1(C)C(=O)C(C)(C)C. The van der Waals surface area contributed by atoms with Crippen molar-refractivity contribution in [1.29, 1.82) is 0 Å². The minimum absolute atomic E-state index is 0.0861. The highest BCUT2D eigenvalue weighted by atomic mass is 31.2. The van der Waals surface area contributed by atoms with Crippen LogP contribution >= 0.6 is 7.82 Å². The minimum Gasteiger partial charge on any atom is -0.365 e. The molecule has 1 aliphatic rings. The van der Waals surface area contributed by atoms with Crippen LogP contribution in [0.25, 0.3) is 0 Å². The van der Waals surface area contributed by atoms with Gasteiger partial charge in [-0.2, -0.15) is 0 Å². The van der Waals surface area contributed by atoms with E-state index in [-0.39, 0.29) is 19.0 Å². The number of hydrogen-bond acceptors (Lipinski definition) is 6. The Morgan fingerprint density at radius 2 is 1.81 bits per heavy atom. The summed E-state index contributed by atoms with van der Waals surface area (Å²) in [5, 5.41) is 0. The number of phosphoric ester groups is 1. The highest BCUT2D eigenvalue weighted by molar-refractivity contribution is 7.48. The lowest BCUT2D eigenvalue weighted by Gasteiger charge is -2.35. The van der Waals surface area contributed by atoms with Crippen molar-refractivity contribution in [2.24, 2.45) is 5.41 Å². The van der Waals surface area contributed by atoms with E-state index >= 15 is 0 Å². The molecule has 0 bridgehead atoms. The Morgan fingerprint density at radius 1 is 1.29 bits per heavy atom. The number of Topliss-reactive ketones (excluding diaryl/α,β-unsaturated/α-hetero) is 1. The molecule has 0 N–H and O–H groups in total. The maximum atomic E-state index is 12.6. The molecule has 0 radical (unpaired) electrons. The molecule has 1 aliphatic heterocycles. The second-order valence-electron chi connectivity index (χ2n) is 6.20. The zero-order chi connectivity index (χ0) is 16.3. The second kappa shape index (κ2) is 6.88. The number of ether oxygens (including phenoxy) is 1. The van der Waals surface area contributed by atoms with Crippen molar-refractivity contribution in [3.63, 3.8) is 0 Å². The number of carbonyl (C=O) groups excluding carboxylic acids is 1. The molecule has 6 nitrogen and oxygen atoms in total. The number of carbonyl (C=O) groups is 1. The van der Waals surface area contributed by atoms with Crippen LogP contribution in [0.4, 0.5) is 0 Å². The molecule has 7 heteroatoms. The van der Waals surface area contributed by atoms with Gasteiger partial charge in [0.05, 0.1) is 19.8 Å². The Labute approximate surface area is 127 Å². The van der Waals surface area contributed by atoms with Crippen LogP contribution in [-0.2, 0) is 27.7 Å². The summed E-state index contributed by atoms with van der Waals surface area (Å²) in [6.07, 6.45) is -0.171. The molecule has 1 saturated heterocycles. The van der Waals surface area contributed by atoms with E-state index in [1.807, 2.05) is 20.8 Å². The average molecular weight is 322 g/mol. The van der Waals surface area contributed by atoms with Gasteiger partial charge in [-0.05, 0) is 20.8 Å². The van der Waals surface area contributed by atoms with Crippen LogP contribution < -0.4 is 0 Å². The fraction of sp³-hybridized carbons (Fsp3) is 0.929. The van der Waals surface area contributed by atoms with Crippen LogP contribution in [-0.4, -0.2) is 37.3 Å². The van der Waals surface area contributed by atoms with Crippen molar-refractivity contribution in [1.82, 2.24) is 0 Å². The highest BCUT2D eigenvalue weighted by Gasteiger charge is 2.53. The van der Waals surface area contributed by atoms with E-state index in [2.05, 4.69) is 0 Å². The smallest absolute Gasteiger partial charge is 0.365 e. The van der Waals surface area contributed by atoms with Gasteiger partial charge in [-0.3, -0.25) is 18.4 Å². The van der Waals surface area contributed by atoms with E-state index in [0.29, 0.717) is 13.0 Å². The molecule has 0 unspecified atom stereocenters. The molecule has 0 spiro atoms. The van der Waals surface area contributed by atoms with Crippen molar-refractivity contribution in [3.8, 4) is 0 Å². The summed E-state index contributed by atoms with van der Waals surface area (Å²) in [6.45, 7) is 11.3. The first-order valence-corrected chi connectivity index (χ1v) is 8.81. The largest absolute Gasteiger partial charge is 0.475 e. The Kier molecular flexibility index (Phi) is 6.16. The summed E-state index contributed by atoms with van der Waals surface area (Å²) in [4.78, 5) is 12.6. The summed E-state index contributed by atoms with van der Waals surface area (Å²) < 4.78 is 34.0. The quantitative estimate of drug-likeness (QED) is 0.669. The van der Waals surface area contributed by atoms with Gasteiger partial charge in [0.1, 0.15) is 6.10 Å². The number of hydrogen-bond donors (Lipinski definition) is 0. The first-order chi connectivity index (χ1) is 9.59. The van der Waals surface area contributed by atoms with Gasteiger partial charge in [0.25, 0.3) is 0 Å². The highest BCUT2D eigenvalue weighted by Crippen LogP contribution is 2.53. The van der Waals surface area contributed by atoms with E-state index < -0.39 is 24.9 Å². The average Bonchev–Trinajstić information content (AvgIpc) is 2.70. The molecule has 0 aromatic rings. The van der Waals surface area contributed by atoms with Gasteiger partial charge in [0, 0.05) is 11.8 Å². The van der Waals surface area contributed by atoms with Crippen molar-refractivity contribution >= 4 is 13.6 Å². The van der Waals surface area contributed by atoms with Gasteiger partial charge in [-0.1, -0.05) is 20.8 Å². The van der Waals surface area contributed by atoms with Crippen LogP contribution in [0.5, 0.6) is 0 Å². The van der Waals surface area contributed by atoms with E-state index in [0.717, 1.165) is 0 Å². The van der Waals surface area contributed by atoms with Crippen molar-refractivity contribution < 1.29 is 27.7 Å². The van der Waals surface area contributed by atoms with Gasteiger partial charge in [-0.15, -0.1) is 0 Å². The lowest BCUT2D eigenvalue weighted by atomic mass is 9.79. The van der Waals surface area contributed by atoms with Crippen LogP contribution in [0, 0.1) is 5.41 Å². The summed E-state index contributed by atoms with van der Waals surface area (Å²) in [5.74, 6) is -0.0861. The monoisotopic (exact) mass is 322 g/mol. The van der Waals surface area contributed by atoms with E-state index in [1.165, 1.54) is 0 Å². The van der Waals surface area contributed by atoms with E-state index in [4.69, 9.17) is 18.3 Å². The minimum atomic E-state index is -3.67. The topological polar surface area (TPSA) is 71.1 Å². The first-order valence-electron chi connectivity index (χ1n) is 7.35. The summed E-state index contributed by atoms with van der Waals surface area (Å²) in [6, 6.07) is 0.